The first-order valence-electron chi connectivity index (χ1n) is 16.3. The molecule has 1 saturated carbocycles. The number of carbonyl (C=O) groups is 1. The van der Waals surface area contributed by atoms with Gasteiger partial charge >= 0.3 is 12.8 Å². The predicted molar refractivity (Wildman–Crippen MR) is 171 cm³/mol. The zero-order valence-corrected chi connectivity index (χ0v) is 28.0. The van der Waals surface area contributed by atoms with E-state index in [0.29, 0.717) is 55.7 Å². The topological polar surface area (TPSA) is 103 Å². The molecule has 2 aromatic carbocycles. The fourth-order valence-electron chi connectivity index (χ4n) is 6.82. The number of ether oxygens (including phenoxy) is 1. The van der Waals surface area contributed by atoms with Gasteiger partial charge in [0.15, 0.2) is 9.84 Å². The SMILES string of the molecule is CCN(CC1CCC(C(F)(F)F)CC1)[C@@H]1C[C@@H](COC(F)F)N(c2ccc(C(=O)N[C@@H](CC#N)c3ccc(S(=O)(=O)CC)cc3)cc2)C1. The molecule has 264 valence electrons. The molecule has 1 amide bonds. The first-order valence-corrected chi connectivity index (χ1v) is 18.0. The smallest absolute Gasteiger partial charge is 0.365 e. The number of hydrogen-bond donors (Lipinski definition) is 1. The van der Waals surface area contributed by atoms with E-state index >= 15 is 0 Å². The third-order valence-corrected chi connectivity index (χ3v) is 11.4. The summed E-state index contributed by atoms with van der Waals surface area (Å²) in [6.07, 6.45) is -2.42. The minimum atomic E-state index is -4.17. The molecule has 2 aliphatic rings. The molecule has 1 aliphatic carbocycles. The molecule has 0 unspecified atom stereocenters. The van der Waals surface area contributed by atoms with Crippen LogP contribution < -0.4 is 10.2 Å². The average Bonchev–Trinajstić information content (AvgIpc) is 3.50. The standard InChI is InChI=1S/C34H43F5N4O4S/c1-3-42(20-23-5-11-26(12-6-23)34(37,38)39)28-19-29(22-47-33(35)36)43(21-28)27-13-7-25(8-14-27)32(44)41-31(17-18-40)24-9-15-30(16-10-24)48(45,46)4-2/h7-10,13-16,23,26,28-29,31,33H,3-6,11-12,17,19-22H2,1-2H3,(H,41,44)/t23?,26?,28-,29+,31+/m1/s1. The van der Waals surface area contributed by atoms with Crippen LogP contribution in [0.2, 0.25) is 0 Å². The Morgan fingerprint density at radius 1 is 1.06 bits per heavy atom. The summed E-state index contributed by atoms with van der Waals surface area (Å²) in [7, 11) is -3.40. The van der Waals surface area contributed by atoms with Crippen LogP contribution in [0.1, 0.15) is 74.3 Å². The van der Waals surface area contributed by atoms with Crippen molar-refractivity contribution in [2.45, 2.75) is 88.2 Å². The number of alkyl halides is 5. The molecule has 0 aromatic heterocycles. The fourth-order valence-corrected chi connectivity index (χ4v) is 7.70. The number of hydrogen-bond acceptors (Lipinski definition) is 7. The van der Waals surface area contributed by atoms with Crippen molar-refractivity contribution in [3.05, 3.63) is 59.7 Å². The summed E-state index contributed by atoms with van der Waals surface area (Å²) in [5.74, 6) is -1.60. The molecule has 0 radical (unpaired) electrons. The number of sulfone groups is 1. The summed E-state index contributed by atoms with van der Waals surface area (Å²) in [5, 5.41) is 12.2. The number of nitrogens with one attached hydrogen (secondary N) is 1. The second-order valence-corrected chi connectivity index (χ2v) is 14.8. The lowest BCUT2D eigenvalue weighted by Gasteiger charge is -2.35. The highest BCUT2D eigenvalue weighted by Crippen LogP contribution is 2.40. The van der Waals surface area contributed by atoms with Crippen molar-refractivity contribution >= 4 is 21.4 Å². The maximum absolute atomic E-state index is 13.2. The van der Waals surface area contributed by atoms with Crippen molar-refractivity contribution in [2.24, 2.45) is 11.8 Å². The molecule has 3 atom stereocenters. The lowest BCUT2D eigenvalue weighted by Crippen LogP contribution is -2.41. The molecule has 4 rings (SSSR count). The van der Waals surface area contributed by atoms with Crippen molar-refractivity contribution in [3.8, 4) is 6.07 Å². The van der Waals surface area contributed by atoms with Gasteiger partial charge in [-0.2, -0.15) is 27.2 Å². The molecular formula is C34H43F5N4O4S. The molecule has 0 spiro atoms. The minimum absolute atomic E-state index is 0.0185. The molecular weight excluding hydrogens is 655 g/mol. The summed E-state index contributed by atoms with van der Waals surface area (Å²) in [6.45, 7) is 2.20. The number of benzene rings is 2. The van der Waals surface area contributed by atoms with E-state index in [1.807, 2.05) is 17.9 Å². The van der Waals surface area contributed by atoms with Crippen LogP contribution in [-0.2, 0) is 14.6 Å². The number of nitrogens with zero attached hydrogens (tertiary/aromatic N) is 3. The number of carbonyl (C=O) groups excluding carboxylic acids is 1. The van der Waals surface area contributed by atoms with Crippen LogP contribution in [0.15, 0.2) is 53.4 Å². The Labute approximate surface area is 279 Å². The lowest BCUT2D eigenvalue weighted by atomic mass is 9.81. The Morgan fingerprint density at radius 2 is 1.71 bits per heavy atom. The van der Waals surface area contributed by atoms with E-state index < -0.39 is 40.5 Å². The molecule has 1 N–H and O–H groups in total. The molecule has 14 heteroatoms. The van der Waals surface area contributed by atoms with E-state index in [9.17, 15) is 40.4 Å². The first kappa shape index (κ1) is 37.5. The Hall–Kier alpha value is -3.28. The van der Waals surface area contributed by atoms with Crippen LogP contribution in [0.4, 0.5) is 27.6 Å². The number of halogens is 5. The van der Waals surface area contributed by atoms with Gasteiger partial charge in [-0.05, 0) is 86.5 Å². The molecule has 1 aliphatic heterocycles. The quantitative estimate of drug-likeness (QED) is 0.218. The predicted octanol–water partition coefficient (Wildman–Crippen LogP) is 6.74. The fraction of sp³-hybridized carbons (Fsp3) is 0.588. The second-order valence-electron chi connectivity index (χ2n) is 12.5. The van der Waals surface area contributed by atoms with Gasteiger partial charge in [-0.15, -0.1) is 0 Å². The van der Waals surface area contributed by atoms with Gasteiger partial charge in [0.2, 0.25) is 0 Å². The first-order chi connectivity index (χ1) is 22.7. The van der Waals surface area contributed by atoms with E-state index in [1.165, 1.54) is 12.1 Å². The molecule has 1 saturated heterocycles. The monoisotopic (exact) mass is 698 g/mol. The van der Waals surface area contributed by atoms with Gasteiger partial charge in [-0.25, -0.2) is 8.42 Å². The number of likely N-dealkylation sites (N-methyl/N-ethyl adjacent to an activating group) is 1. The molecule has 8 nitrogen and oxygen atoms in total. The van der Waals surface area contributed by atoms with E-state index in [0.717, 1.165) is 0 Å². The Kier molecular flexibility index (Phi) is 12.8. The van der Waals surface area contributed by atoms with Crippen LogP contribution in [0, 0.1) is 23.2 Å². The third kappa shape index (κ3) is 9.66. The maximum Gasteiger partial charge on any atom is 0.391 e. The average molecular weight is 699 g/mol. The normalized spacial score (nSPS) is 22.5. The summed E-state index contributed by atoms with van der Waals surface area (Å²) >= 11 is 0. The highest BCUT2D eigenvalue weighted by Gasteiger charge is 2.42. The zero-order chi connectivity index (χ0) is 35.1. The van der Waals surface area contributed by atoms with Gasteiger partial charge in [-0.3, -0.25) is 9.69 Å². The summed E-state index contributed by atoms with van der Waals surface area (Å²) in [5.41, 5.74) is 1.60. The van der Waals surface area contributed by atoms with Crippen molar-refractivity contribution in [2.75, 3.05) is 36.9 Å². The number of anilines is 1. The zero-order valence-electron chi connectivity index (χ0n) is 27.1. The molecule has 1 heterocycles. The summed E-state index contributed by atoms with van der Waals surface area (Å²) in [4.78, 5) is 17.6. The highest BCUT2D eigenvalue weighted by molar-refractivity contribution is 7.91. The van der Waals surface area contributed by atoms with Crippen molar-refractivity contribution in [1.29, 1.82) is 5.26 Å². The number of amides is 1. The van der Waals surface area contributed by atoms with E-state index in [4.69, 9.17) is 4.74 Å². The largest absolute Gasteiger partial charge is 0.391 e. The van der Waals surface area contributed by atoms with Crippen molar-refractivity contribution in [3.63, 3.8) is 0 Å². The Balaban J connectivity index is 1.43. The minimum Gasteiger partial charge on any atom is -0.365 e. The summed E-state index contributed by atoms with van der Waals surface area (Å²) < 4.78 is 94.7. The second kappa shape index (κ2) is 16.4. The summed E-state index contributed by atoms with van der Waals surface area (Å²) in [6, 6.07) is 13.7. The van der Waals surface area contributed by atoms with Crippen molar-refractivity contribution < 1.29 is 39.9 Å². The van der Waals surface area contributed by atoms with Crippen LogP contribution >= 0.6 is 0 Å². The van der Waals surface area contributed by atoms with E-state index in [1.54, 1.807) is 43.3 Å². The van der Waals surface area contributed by atoms with Gasteiger partial charge < -0.3 is 15.0 Å². The van der Waals surface area contributed by atoms with Crippen LogP contribution in [0.5, 0.6) is 0 Å². The van der Waals surface area contributed by atoms with Gasteiger partial charge in [-0.1, -0.05) is 26.0 Å². The maximum atomic E-state index is 13.2. The van der Waals surface area contributed by atoms with Gasteiger partial charge in [0.05, 0.1) is 47.7 Å². The third-order valence-electron chi connectivity index (χ3n) is 9.62. The number of nitriles is 1. The van der Waals surface area contributed by atoms with E-state index in [-0.39, 0.29) is 54.5 Å². The Bertz CT molecular complexity index is 1490. The molecule has 0 bridgehead atoms. The van der Waals surface area contributed by atoms with Gasteiger partial charge in [0.25, 0.3) is 5.91 Å². The number of rotatable bonds is 14. The van der Waals surface area contributed by atoms with Crippen LogP contribution in [0.3, 0.4) is 0 Å². The highest BCUT2D eigenvalue weighted by atomic mass is 32.2. The van der Waals surface area contributed by atoms with Gasteiger partial charge in [0, 0.05) is 30.4 Å². The van der Waals surface area contributed by atoms with E-state index in [2.05, 4.69) is 10.2 Å². The van der Waals surface area contributed by atoms with Crippen LogP contribution in [0.25, 0.3) is 0 Å². The van der Waals surface area contributed by atoms with Crippen LogP contribution in [-0.4, -0.2) is 76.1 Å². The Morgan fingerprint density at radius 3 is 2.25 bits per heavy atom. The van der Waals surface area contributed by atoms with Gasteiger partial charge in [0.1, 0.15) is 0 Å². The molecule has 2 fully saturated rings. The molecule has 2 aromatic rings. The lowest BCUT2D eigenvalue weighted by molar-refractivity contribution is -0.184. The van der Waals surface area contributed by atoms with Crippen molar-refractivity contribution in [1.82, 2.24) is 10.2 Å². The molecule has 48 heavy (non-hydrogen) atoms.